The van der Waals surface area contributed by atoms with Gasteiger partial charge >= 0.3 is 8.80 Å². The predicted octanol–water partition coefficient (Wildman–Crippen LogP) is 2.05. The van der Waals surface area contributed by atoms with Gasteiger partial charge in [-0.2, -0.15) is 0 Å². The van der Waals surface area contributed by atoms with E-state index in [9.17, 15) is 4.79 Å². The predicted molar refractivity (Wildman–Crippen MR) is 71.7 cm³/mol. The second-order valence-corrected chi connectivity index (χ2v) is 7.92. The topological polar surface area (TPSA) is 48.0 Å². The second-order valence-electron chi connectivity index (χ2n) is 4.15. The fourth-order valence-electron chi connectivity index (χ4n) is 1.41. The van der Waals surface area contributed by atoms with Crippen LogP contribution in [0.2, 0.25) is 6.04 Å². The quantitative estimate of drug-likeness (QED) is 0.530. The number of amides is 1. The highest BCUT2D eigenvalue weighted by molar-refractivity contribution is 9.07. The minimum atomic E-state index is -2.65. The SMILES string of the molecule is CO[Si](CC(C)N(Br)C(=O)C(C)C)(OC)OC. The Morgan fingerprint density at radius 2 is 1.59 bits per heavy atom. The van der Waals surface area contributed by atoms with Gasteiger partial charge in [-0.25, -0.2) is 0 Å². The fraction of sp³-hybridized carbons (Fsp3) is 0.900. The van der Waals surface area contributed by atoms with Crippen molar-refractivity contribution in [3.8, 4) is 0 Å². The number of rotatable bonds is 7. The number of hydrogen-bond acceptors (Lipinski definition) is 4. The Kier molecular flexibility index (Phi) is 7.50. The van der Waals surface area contributed by atoms with E-state index in [0.29, 0.717) is 6.04 Å². The van der Waals surface area contributed by atoms with Crippen LogP contribution in [0.1, 0.15) is 20.8 Å². The molecule has 0 aliphatic carbocycles. The van der Waals surface area contributed by atoms with Crippen LogP contribution in [0, 0.1) is 5.92 Å². The molecule has 0 aromatic rings. The molecule has 0 N–H and O–H groups in total. The lowest BCUT2D eigenvalue weighted by Gasteiger charge is -2.31. The van der Waals surface area contributed by atoms with Crippen molar-refractivity contribution in [3.05, 3.63) is 0 Å². The summed E-state index contributed by atoms with van der Waals surface area (Å²) in [6.07, 6.45) is 0. The van der Waals surface area contributed by atoms with E-state index in [1.54, 1.807) is 21.3 Å². The molecular formula is C10H22BrNO4Si. The highest BCUT2D eigenvalue weighted by Crippen LogP contribution is 2.22. The summed E-state index contributed by atoms with van der Waals surface area (Å²) in [5, 5.41) is 0. The summed E-state index contributed by atoms with van der Waals surface area (Å²) in [6.45, 7) is 5.64. The van der Waals surface area contributed by atoms with E-state index in [0.717, 1.165) is 0 Å². The Hall–Kier alpha value is 0.0469. The highest BCUT2D eigenvalue weighted by atomic mass is 79.9. The normalized spacial score (nSPS) is 13.9. The molecule has 1 amide bonds. The average molecular weight is 328 g/mol. The van der Waals surface area contributed by atoms with Crippen molar-refractivity contribution < 1.29 is 18.1 Å². The standard InChI is InChI=1S/C10H22BrNO4Si/c1-8(2)10(13)12(11)9(3)7-17(14-4,15-5)16-6/h8-9H,7H2,1-6H3. The lowest BCUT2D eigenvalue weighted by Crippen LogP contribution is -2.48. The van der Waals surface area contributed by atoms with Crippen molar-refractivity contribution >= 4 is 30.9 Å². The molecule has 0 aromatic heterocycles. The van der Waals surface area contributed by atoms with Crippen LogP contribution in [0.4, 0.5) is 0 Å². The molecule has 0 saturated carbocycles. The maximum absolute atomic E-state index is 11.8. The molecule has 1 atom stereocenters. The molecule has 17 heavy (non-hydrogen) atoms. The van der Waals surface area contributed by atoms with Crippen molar-refractivity contribution in [1.82, 2.24) is 3.93 Å². The van der Waals surface area contributed by atoms with E-state index < -0.39 is 8.80 Å². The summed E-state index contributed by atoms with van der Waals surface area (Å²) >= 11 is 3.29. The summed E-state index contributed by atoms with van der Waals surface area (Å²) in [5.74, 6) is -0.0239. The van der Waals surface area contributed by atoms with Crippen LogP contribution in [-0.2, 0) is 18.1 Å². The van der Waals surface area contributed by atoms with Crippen molar-refractivity contribution in [3.63, 3.8) is 0 Å². The van der Waals surface area contributed by atoms with Gasteiger partial charge in [0.25, 0.3) is 0 Å². The Morgan fingerprint density at radius 1 is 1.18 bits per heavy atom. The third-order valence-corrected chi connectivity index (χ3v) is 6.58. The molecule has 0 rings (SSSR count). The molecule has 5 nitrogen and oxygen atoms in total. The molecule has 0 aliphatic rings. The molecule has 0 spiro atoms. The maximum atomic E-state index is 11.8. The van der Waals surface area contributed by atoms with Gasteiger partial charge in [0.15, 0.2) is 0 Å². The maximum Gasteiger partial charge on any atom is 0.502 e. The Labute approximate surface area is 113 Å². The van der Waals surface area contributed by atoms with Crippen LogP contribution in [0.15, 0.2) is 0 Å². The lowest BCUT2D eigenvalue weighted by atomic mass is 10.2. The van der Waals surface area contributed by atoms with Gasteiger partial charge in [-0.05, 0) is 6.92 Å². The van der Waals surface area contributed by atoms with Crippen LogP contribution in [0.5, 0.6) is 0 Å². The largest absolute Gasteiger partial charge is 0.502 e. The zero-order valence-electron chi connectivity index (χ0n) is 11.3. The van der Waals surface area contributed by atoms with Gasteiger partial charge in [0.1, 0.15) is 0 Å². The van der Waals surface area contributed by atoms with Gasteiger partial charge < -0.3 is 13.3 Å². The first-order valence-electron chi connectivity index (χ1n) is 5.47. The van der Waals surface area contributed by atoms with Crippen molar-refractivity contribution in [1.29, 1.82) is 0 Å². The average Bonchev–Trinajstić information content (AvgIpc) is 2.33. The smallest absolute Gasteiger partial charge is 0.377 e. The Morgan fingerprint density at radius 3 is 1.88 bits per heavy atom. The van der Waals surface area contributed by atoms with Crippen LogP contribution < -0.4 is 0 Å². The third-order valence-electron chi connectivity index (χ3n) is 2.57. The van der Waals surface area contributed by atoms with Gasteiger partial charge in [-0.1, -0.05) is 13.8 Å². The molecule has 102 valence electrons. The van der Waals surface area contributed by atoms with Crippen molar-refractivity contribution in [2.24, 2.45) is 5.92 Å². The van der Waals surface area contributed by atoms with Crippen LogP contribution in [0.3, 0.4) is 0 Å². The van der Waals surface area contributed by atoms with Crippen LogP contribution in [-0.4, -0.2) is 46.0 Å². The summed E-state index contributed by atoms with van der Waals surface area (Å²) in [7, 11) is 2.05. The lowest BCUT2D eigenvalue weighted by molar-refractivity contribution is -0.129. The van der Waals surface area contributed by atoms with E-state index in [-0.39, 0.29) is 17.9 Å². The Bertz CT molecular complexity index is 240. The van der Waals surface area contributed by atoms with E-state index in [1.807, 2.05) is 20.8 Å². The zero-order valence-corrected chi connectivity index (χ0v) is 13.9. The molecule has 0 aromatic carbocycles. The summed E-state index contributed by atoms with van der Waals surface area (Å²) < 4.78 is 17.5. The van der Waals surface area contributed by atoms with Crippen molar-refractivity contribution in [2.75, 3.05) is 21.3 Å². The van der Waals surface area contributed by atoms with Gasteiger partial charge in [0, 0.05) is 39.3 Å². The molecule has 7 heteroatoms. The first-order chi connectivity index (χ1) is 7.83. The van der Waals surface area contributed by atoms with Gasteiger partial charge in [-0.15, -0.1) is 0 Å². The van der Waals surface area contributed by atoms with E-state index in [4.69, 9.17) is 13.3 Å². The number of carbonyl (C=O) groups excluding carboxylic acids is 1. The van der Waals surface area contributed by atoms with E-state index >= 15 is 0 Å². The molecule has 0 aliphatic heterocycles. The summed E-state index contributed by atoms with van der Waals surface area (Å²) in [4.78, 5) is 11.8. The van der Waals surface area contributed by atoms with E-state index in [1.165, 1.54) is 3.93 Å². The van der Waals surface area contributed by atoms with Crippen LogP contribution >= 0.6 is 16.1 Å². The molecule has 0 radical (unpaired) electrons. The summed E-state index contributed by atoms with van der Waals surface area (Å²) in [5.41, 5.74) is 0. The first-order valence-corrected chi connectivity index (χ1v) is 8.12. The van der Waals surface area contributed by atoms with Crippen molar-refractivity contribution in [2.45, 2.75) is 32.9 Å². The second kappa shape index (κ2) is 7.47. The number of carbonyl (C=O) groups is 1. The third kappa shape index (κ3) is 4.67. The van der Waals surface area contributed by atoms with Gasteiger partial charge in [0.2, 0.25) is 5.91 Å². The molecule has 0 heterocycles. The zero-order chi connectivity index (χ0) is 13.6. The number of nitrogens with zero attached hydrogens (tertiary/aromatic N) is 1. The van der Waals surface area contributed by atoms with Crippen LogP contribution in [0.25, 0.3) is 0 Å². The molecule has 1 unspecified atom stereocenters. The van der Waals surface area contributed by atoms with Gasteiger partial charge in [0.05, 0.1) is 16.1 Å². The summed E-state index contributed by atoms with van der Waals surface area (Å²) in [6, 6.07) is 0.483. The van der Waals surface area contributed by atoms with E-state index in [2.05, 4.69) is 16.1 Å². The minimum Gasteiger partial charge on any atom is -0.377 e. The monoisotopic (exact) mass is 327 g/mol. The highest BCUT2D eigenvalue weighted by Gasteiger charge is 2.41. The number of hydrogen-bond donors (Lipinski definition) is 0. The Balaban J connectivity index is 4.61. The fourth-order valence-corrected chi connectivity index (χ4v) is 4.13. The first kappa shape index (κ1) is 17.0. The molecular weight excluding hydrogens is 306 g/mol. The minimum absolute atomic E-state index is 0.0312. The molecule has 0 fully saturated rings. The molecule has 0 saturated heterocycles. The number of halogens is 1. The molecule has 0 bridgehead atoms. The van der Waals surface area contributed by atoms with Gasteiger partial charge in [-0.3, -0.25) is 8.72 Å².